The lowest BCUT2D eigenvalue weighted by Crippen LogP contribution is -2.52. The second kappa shape index (κ2) is 9.36. The Morgan fingerprint density at radius 1 is 1.20 bits per heavy atom. The lowest BCUT2D eigenvalue weighted by molar-refractivity contribution is 0.0821. The first kappa shape index (κ1) is 22.8. The van der Waals surface area contributed by atoms with E-state index in [1.807, 2.05) is 18.3 Å². The molecule has 0 bridgehead atoms. The molecule has 0 unspecified atom stereocenters. The maximum absolute atomic E-state index is 13.2. The summed E-state index contributed by atoms with van der Waals surface area (Å²) in [4.78, 5) is 30.6. The first-order valence-electron chi connectivity index (χ1n) is 11.5. The van der Waals surface area contributed by atoms with E-state index in [0.29, 0.717) is 5.76 Å². The first-order chi connectivity index (χ1) is 16.9. The van der Waals surface area contributed by atoms with Gasteiger partial charge in [-0.15, -0.1) is 0 Å². The predicted molar refractivity (Wildman–Crippen MR) is 125 cm³/mol. The number of rotatable bonds is 6. The lowest BCUT2D eigenvalue weighted by Gasteiger charge is -2.45. The molecule has 0 atom stereocenters. The molecule has 5 rings (SSSR count). The Bertz CT molecular complexity index is 1210. The number of nitrogens with one attached hydrogen (secondary N) is 2. The molecule has 2 aliphatic rings. The van der Waals surface area contributed by atoms with E-state index in [4.69, 9.17) is 9.26 Å². The van der Waals surface area contributed by atoms with Crippen LogP contribution in [0.3, 0.4) is 0 Å². The molecule has 2 aromatic heterocycles. The fourth-order valence-corrected chi connectivity index (χ4v) is 4.90. The Morgan fingerprint density at radius 3 is 2.69 bits per heavy atom. The number of nitrogens with zero attached hydrogens (tertiary/aromatic N) is 3. The van der Waals surface area contributed by atoms with E-state index in [1.165, 1.54) is 25.2 Å². The highest BCUT2D eigenvalue weighted by molar-refractivity contribution is 5.91. The minimum absolute atomic E-state index is 0.0624. The Morgan fingerprint density at radius 2 is 1.97 bits per heavy atom. The van der Waals surface area contributed by atoms with Crippen molar-refractivity contribution in [1.29, 1.82) is 0 Å². The molecule has 0 radical (unpaired) electrons. The summed E-state index contributed by atoms with van der Waals surface area (Å²) in [5.41, 5.74) is 2.18. The number of aromatic nitrogens is 2. The number of pyridine rings is 1. The SMILES string of the molecule is CNC(=O)c1cc(COC(=O)NC2CC3(CCN(c4ccc(-c5ccc(F)cc5)cn4)C3)C2)on1. The van der Waals surface area contributed by atoms with E-state index in [1.54, 1.807) is 12.1 Å². The van der Waals surface area contributed by atoms with Crippen molar-refractivity contribution in [2.75, 3.05) is 25.0 Å². The zero-order valence-corrected chi connectivity index (χ0v) is 19.3. The van der Waals surface area contributed by atoms with Crippen LogP contribution in [0.4, 0.5) is 15.0 Å². The van der Waals surface area contributed by atoms with Crippen molar-refractivity contribution in [1.82, 2.24) is 20.8 Å². The summed E-state index contributed by atoms with van der Waals surface area (Å²) in [5, 5.41) is 8.98. The van der Waals surface area contributed by atoms with E-state index in [9.17, 15) is 14.0 Å². The number of ether oxygens (including phenoxy) is 1. The molecule has 3 heterocycles. The molecule has 2 N–H and O–H groups in total. The average molecular weight is 480 g/mol. The van der Waals surface area contributed by atoms with Gasteiger partial charge in [0.2, 0.25) is 0 Å². The maximum atomic E-state index is 13.2. The topological polar surface area (TPSA) is 110 Å². The summed E-state index contributed by atoms with van der Waals surface area (Å²) in [6.45, 7) is 1.71. The van der Waals surface area contributed by atoms with E-state index in [2.05, 4.69) is 25.7 Å². The number of anilines is 1. The molecule has 1 spiro atoms. The zero-order chi connectivity index (χ0) is 24.4. The van der Waals surface area contributed by atoms with Gasteiger partial charge in [0.25, 0.3) is 5.91 Å². The van der Waals surface area contributed by atoms with Gasteiger partial charge in [0, 0.05) is 44.0 Å². The Labute approximate surface area is 201 Å². The third-order valence-corrected chi connectivity index (χ3v) is 6.73. The Hall–Kier alpha value is -3.95. The van der Waals surface area contributed by atoms with Gasteiger partial charge in [-0.2, -0.15) is 0 Å². The van der Waals surface area contributed by atoms with Crippen LogP contribution in [-0.4, -0.2) is 48.3 Å². The van der Waals surface area contributed by atoms with Gasteiger partial charge in [-0.05, 0) is 54.5 Å². The molecule has 3 aromatic rings. The number of carbonyl (C=O) groups excluding carboxylic acids is 2. The molecule has 35 heavy (non-hydrogen) atoms. The molecular formula is C25H26FN5O4. The number of alkyl carbamates (subject to hydrolysis) is 1. The number of amides is 2. The minimum atomic E-state index is -0.518. The first-order valence-corrected chi connectivity index (χ1v) is 11.5. The third kappa shape index (κ3) is 4.96. The molecule has 2 amide bonds. The smallest absolute Gasteiger partial charge is 0.407 e. The third-order valence-electron chi connectivity index (χ3n) is 6.73. The summed E-state index contributed by atoms with van der Waals surface area (Å²) in [5.74, 6) is 0.599. The summed E-state index contributed by atoms with van der Waals surface area (Å²) in [7, 11) is 1.50. The normalized spacial score (nSPS) is 21.0. The van der Waals surface area contributed by atoms with Gasteiger partial charge < -0.3 is 24.8 Å². The van der Waals surface area contributed by atoms with Crippen molar-refractivity contribution in [2.24, 2.45) is 5.41 Å². The van der Waals surface area contributed by atoms with Crippen LogP contribution in [-0.2, 0) is 11.3 Å². The second-order valence-electron chi connectivity index (χ2n) is 9.17. The number of hydrogen-bond donors (Lipinski definition) is 2. The molecule has 2 fully saturated rings. The largest absolute Gasteiger partial charge is 0.441 e. The van der Waals surface area contributed by atoms with Crippen LogP contribution in [0.5, 0.6) is 0 Å². The van der Waals surface area contributed by atoms with Crippen LogP contribution in [0, 0.1) is 11.2 Å². The molecule has 10 heteroatoms. The average Bonchev–Trinajstić information content (AvgIpc) is 3.51. The fraction of sp³-hybridized carbons (Fsp3) is 0.360. The highest BCUT2D eigenvalue weighted by Gasteiger charge is 2.49. The van der Waals surface area contributed by atoms with Gasteiger partial charge in [-0.25, -0.2) is 14.2 Å². The summed E-state index contributed by atoms with van der Waals surface area (Å²) in [6, 6.07) is 11.9. The van der Waals surface area contributed by atoms with Gasteiger partial charge in [-0.1, -0.05) is 17.3 Å². The van der Waals surface area contributed by atoms with Crippen LogP contribution in [0.25, 0.3) is 11.1 Å². The van der Waals surface area contributed by atoms with E-state index in [-0.39, 0.29) is 35.5 Å². The predicted octanol–water partition coefficient (Wildman–Crippen LogP) is 3.52. The molecule has 1 aromatic carbocycles. The minimum Gasteiger partial charge on any atom is -0.441 e. The van der Waals surface area contributed by atoms with E-state index < -0.39 is 6.09 Å². The van der Waals surface area contributed by atoms with Crippen molar-refractivity contribution >= 4 is 17.8 Å². The molecule has 1 saturated carbocycles. The van der Waals surface area contributed by atoms with E-state index in [0.717, 1.165) is 49.3 Å². The van der Waals surface area contributed by atoms with Crippen LogP contribution >= 0.6 is 0 Å². The standard InChI is InChI=1S/C25H26FN5O4/c1-27-23(32)21-10-20(35-30-21)14-34-24(33)29-19-11-25(12-19)8-9-31(15-25)22-7-4-17(13-28-22)16-2-5-18(26)6-3-16/h2-7,10,13,19H,8-9,11-12,14-15H2,1H3,(H,27,32)(H,29,33). The number of halogens is 1. The lowest BCUT2D eigenvalue weighted by atomic mass is 9.65. The maximum Gasteiger partial charge on any atom is 0.407 e. The van der Waals surface area contributed by atoms with Crippen molar-refractivity contribution < 1.29 is 23.2 Å². The fourth-order valence-electron chi connectivity index (χ4n) is 4.90. The quantitative estimate of drug-likeness (QED) is 0.557. The molecule has 1 aliphatic carbocycles. The van der Waals surface area contributed by atoms with Crippen LogP contribution in [0.15, 0.2) is 53.2 Å². The van der Waals surface area contributed by atoms with Crippen molar-refractivity contribution in [3.63, 3.8) is 0 Å². The highest BCUT2D eigenvalue weighted by Crippen LogP contribution is 2.49. The van der Waals surface area contributed by atoms with Gasteiger partial charge in [0.05, 0.1) is 0 Å². The van der Waals surface area contributed by atoms with Gasteiger partial charge in [0.15, 0.2) is 18.1 Å². The molecule has 1 saturated heterocycles. The number of benzene rings is 1. The summed E-state index contributed by atoms with van der Waals surface area (Å²) in [6.07, 6.45) is 4.11. The highest BCUT2D eigenvalue weighted by atomic mass is 19.1. The molecular weight excluding hydrogens is 453 g/mol. The monoisotopic (exact) mass is 479 g/mol. The van der Waals surface area contributed by atoms with Gasteiger partial charge in [-0.3, -0.25) is 4.79 Å². The molecule has 9 nitrogen and oxygen atoms in total. The second-order valence-corrected chi connectivity index (χ2v) is 9.17. The Kier molecular flexibility index (Phi) is 6.10. The molecule has 182 valence electrons. The van der Waals surface area contributed by atoms with Crippen molar-refractivity contribution in [2.45, 2.75) is 31.9 Å². The van der Waals surface area contributed by atoms with Crippen molar-refractivity contribution in [3.8, 4) is 11.1 Å². The summed E-state index contributed by atoms with van der Waals surface area (Å²) < 4.78 is 23.4. The van der Waals surface area contributed by atoms with Crippen LogP contribution in [0.2, 0.25) is 0 Å². The van der Waals surface area contributed by atoms with Crippen LogP contribution < -0.4 is 15.5 Å². The Balaban J connectivity index is 1.08. The van der Waals surface area contributed by atoms with E-state index >= 15 is 0 Å². The van der Waals surface area contributed by atoms with Gasteiger partial charge in [0.1, 0.15) is 11.6 Å². The summed E-state index contributed by atoms with van der Waals surface area (Å²) >= 11 is 0. The number of carbonyl (C=O) groups is 2. The molecule has 1 aliphatic heterocycles. The van der Waals surface area contributed by atoms with Gasteiger partial charge >= 0.3 is 6.09 Å². The zero-order valence-electron chi connectivity index (χ0n) is 19.3. The van der Waals surface area contributed by atoms with Crippen LogP contribution in [0.1, 0.15) is 35.5 Å². The number of hydrogen-bond acceptors (Lipinski definition) is 7. The van der Waals surface area contributed by atoms with Crippen molar-refractivity contribution in [3.05, 3.63) is 65.9 Å².